The number of hydrogen-bond donors (Lipinski definition) is 1. The molecule has 6 unspecified atom stereocenters. The second-order valence-electron chi connectivity index (χ2n) is 14.5. The van der Waals surface area contributed by atoms with Crippen LogP contribution in [0.25, 0.3) is 5.57 Å². The van der Waals surface area contributed by atoms with Gasteiger partial charge in [0.05, 0.1) is 6.04 Å². The molecule has 41 heavy (non-hydrogen) atoms. The van der Waals surface area contributed by atoms with Crippen molar-refractivity contribution in [2.24, 2.45) is 28.6 Å². The number of hydrogen-bond acceptors (Lipinski definition) is 5. The van der Waals surface area contributed by atoms with E-state index in [2.05, 4.69) is 59.7 Å². The molecular weight excluding hydrogens is 508 g/mol. The molecule has 6 atom stereocenters. The van der Waals surface area contributed by atoms with Crippen LogP contribution in [0.15, 0.2) is 42.3 Å². The maximum Gasteiger partial charge on any atom is 0.428 e. The van der Waals surface area contributed by atoms with Crippen LogP contribution in [0.2, 0.25) is 0 Å². The Bertz CT molecular complexity index is 1170. The molecule has 6 aliphatic rings. The second-order valence-corrected chi connectivity index (χ2v) is 14.5. The molecule has 1 aromatic rings. The molecule has 1 N–H and O–H groups in total. The van der Waals surface area contributed by atoms with Crippen molar-refractivity contribution < 1.29 is 9.63 Å². The van der Waals surface area contributed by atoms with Crippen LogP contribution < -0.4 is 5.48 Å². The maximum absolute atomic E-state index is 12.9. The van der Waals surface area contributed by atoms with Gasteiger partial charge in [0.15, 0.2) is 0 Å². The summed E-state index contributed by atoms with van der Waals surface area (Å²) < 4.78 is 0. The third-order valence-electron chi connectivity index (χ3n) is 12.6. The smallest absolute Gasteiger partial charge is 0.353 e. The molecule has 7 rings (SSSR count). The van der Waals surface area contributed by atoms with Crippen LogP contribution in [0.4, 0.5) is 4.79 Å². The molecule has 0 spiro atoms. The molecule has 6 nitrogen and oxygen atoms in total. The van der Waals surface area contributed by atoms with Crippen molar-refractivity contribution in [1.29, 1.82) is 0 Å². The fourth-order valence-electron chi connectivity index (χ4n) is 10.2. The van der Waals surface area contributed by atoms with Gasteiger partial charge in [-0.2, -0.15) is 0 Å². The fraction of sp³-hybridized carbons (Fsp3) is 0.714. The van der Waals surface area contributed by atoms with Gasteiger partial charge in [0, 0.05) is 31.5 Å². The number of likely N-dealkylation sites (tertiary alicyclic amines) is 2. The number of nitrogens with zero attached hydrogens (tertiary/aromatic N) is 3. The van der Waals surface area contributed by atoms with E-state index in [-0.39, 0.29) is 23.0 Å². The first kappa shape index (κ1) is 27.6. The number of pyridine rings is 1. The summed E-state index contributed by atoms with van der Waals surface area (Å²) >= 11 is 0. The number of allylic oxidation sites excluding steroid dienone is 3. The highest BCUT2D eigenvalue weighted by Crippen LogP contribution is 2.66. The summed E-state index contributed by atoms with van der Waals surface area (Å²) in [5.74, 6) is 2.29. The predicted molar refractivity (Wildman–Crippen MR) is 163 cm³/mol. The first-order chi connectivity index (χ1) is 20.0. The van der Waals surface area contributed by atoms with Gasteiger partial charge in [0.1, 0.15) is 0 Å². The number of aromatic nitrogens is 1. The second kappa shape index (κ2) is 11.1. The summed E-state index contributed by atoms with van der Waals surface area (Å²) in [7, 11) is 0. The van der Waals surface area contributed by atoms with Crippen LogP contribution in [0.5, 0.6) is 0 Å². The lowest BCUT2D eigenvalue weighted by Gasteiger charge is -2.58. The van der Waals surface area contributed by atoms with Gasteiger partial charge >= 0.3 is 6.09 Å². The van der Waals surface area contributed by atoms with Crippen molar-refractivity contribution in [3.8, 4) is 0 Å². The number of carbonyl (C=O) groups excluding carboxylic acids is 1. The highest BCUT2D eigenvalue weighted by molar-refractivity contribution is 5.72. The highest BCUT2D eigenvalue weighted by atomic mass is 16.7. The largest absolute Gasteiger partial charge is 0.428 e. The normalized spacial score (nSPS) is 37.9. The minimum absolute atomic E-state index is 0.128. The SMILES string of the molecule is CC12CCC(NOC(=O)N3CCC(N4CCCCC4)CC3)C=C1CCC1C2CCC2(C)C(c3cccnc3)=CCC12. The molecule has 1 aromatic heterocycles. The molecule has 0 bridgehead atoms. The van der Waals surface area contributed by atoms with Crippen molar-refractivity contribution in [2.75, 3.05) is 26.2 Å². The lowest BCUT2D eigenvalue weighted by Crippen LogP contribution is -2.51. The van der Waals surface area contributed by atoms with E-state index in [0.717, 1.165) is 50.1 Å². The average Bonchev–Trinajstić information content (AvgIpc) is 3.38. The molecule has 4 fully saturated rings. The van der Waals surface area contributed by atoms with E-state index >= 15 is 0 Å². The number of nitrogens with one attached hydrogen (secondary N) is 1. The topological polar surface area (TPSA) is 57.7 Å². The van der Waals surface area contributed by atoms with Crippen LogP contribution in [-0.4, -0.2) is 59.1 Å². The quantitative estimate of drug-likeness (QED) is 0.319. The number of hydroxylamine groups is 1. The molecule has 2 aliphatic heterocycles. The number of carbonyl (C=O) groups is 1. The molecule has 2 saturated carbocycles. The van der Waals surface area contributed by atoms with Crippen molar-refractivity contribution >= 4 is 11.7 Å². The predicted octanol–water partition coefficient (Wildman–Crippen LogP) is 7.00. The minimum atomic E-state index is -0.192. The summed E-state index contributed by atoms with van der Waals surface area (Å²) in [6.45, 7) is 9.18. The van der Waals surface area contributed by atoms with E-state index in [9.17, 15) is 4.79 Å². The Hall–Kier alpha value is -2.18. The molecule has 3 heterocycles. The standard InChI is InChI=1S/C35H50N4O2/c1-34-16-12-27(37-41-33(40)39-21-14-28(15-22-39)38-19-4-3-5-20-38)23-26(34)8-9-29-31-11-10-30(25-7-6-18-36-24-25)35(31,2)17-13-32(29)34/h6-7,10,18,23-24,27-29,31-32,37H,3-5,8-9,11-17,19-22H2,1-2H3. The highest BCUT2D eigenvalue weighted by Gasteiger charge is 2.57. The van der Waals surface area contributed by atoms with E-state index in [1.54, 1.807) is 11.1 Å². The van der Waals surface area contributed by atoms with Gasteiger partial charge in [-0.15, -0.1) is 5.48 Å². The third kappa shape index (κ3) is 4.97. The van der Waals surface area contributed by atoms with Gasteiger partial charge in [-0.25, -0.2) is 4.79 Å². The summed E-state index contributed by atoms with van der Waals surface area (Å²) in [6.07, 6.45) is 23.4. The van der Waals surface area contributed by atoms with Gasteiger partial charge in [0.25, 0.3) is 0 Å². The number of amides is 1. The molecule has 6 heteroatoms. The van der Waals surface area contributed by atoms with Crippen LogP contribution in [0.3, 0.4) is 0 Å². The van der Waals surface area contributed by atoms with Crippen molar-refractivity contribution in [3.05, 3.63) is 47.8 Å². The average molecular weight is 559 g/mol. The molecule has 1 amide bonds. The van der Waals surface area contributed by atoms with Crippen LogP contribution in [0, 0.1) is 28.6 Å². The number of fused-ring (bicyclic) bond motifs is 5. The van der Waals surface area contributed by atoms with Crippen LogP contribution >= 0.6 is 0 Å². The van der Waals surface area contributed by atoms with E-state index in [1.807, 2.05) is 11.1 Å². The molecule has 4 aliphatic carbocycles. The van der Waals surface area contributed by atoms with Gasteiger partial charge < -0.3 is 14.6 Å². The van der Waals surface area contributed by atoms with Crippen LogP contribution in [0.1, 0.15) is 96.5 Å². The summed E-state index contributed by atoms with van der Waals surface area (Å²) in [4.78, 5) is 27.6. The lowest BCUT2D eigenvalue weighted by molar-refractivity contribution is -0.0279. The molecule has 2 saturated heterocycles. The van der Waals surface area contributed by atoms with Crippen molar-refractivity contribution in [1.82, 2.24) is 20.3 Å². The minimum Gasteiger partial charge on any atom is -0.353 e. The Morgan fingerprint density at radius 1 is 0.976 bits per heavy atom. The molecule has 0 radical (unpaired) electrons. The Morgan fingerprint density at radius 2 is 1.78 bits per heavy atom. The van der Waals surface area contributed by atoms with Gasteiger partial charge in [0.2, 0.25) is 0 Å². The van der Waals surface area contributed by atoms with E-state index in [4.69, 9.17) is 4.84 Å². The first-order valence-electron chi connectivity index (χ1n) is 16.7. The van der Waals surface area contributed by atoms with E-state index in [1.165, 1.54) is 76.4 Å². The number of rotatable bonds is 4. The zero-order valence-electron chi connectivity index (χ0n) is 25.3. The Kier molecular flexibility index (Phi) is 7.52. The van der Waals surface area contributed by atoms with Crippen molar-refractivity contribution in [3.63, 3.8) is 0 Å². The monoisotopic (exact) mass is 558 g/mol. The van der Waals surface area contributed by atoms with Gasteiger partial charge in [-0.1, -0.05) is 44.1 Å². The Morgan fingerprint density at radius 3 is 2.56 bits per heavy atom. The zero-order chi connectivity index (χ0) is 28.0. The maximum atomic E-state index is 12.9. The molecule has 222 valence electrons. The van der Waals surface area contributed by atoms with Crippen molar-refractivity contribution in [2.45, 2.75) is 103 Å². The van der Waals surface area contributed by atoms with Gasteiger partial charge in [-0.3, -0.25) is 4.98 Å². The van der Waals surface area contributed by atoms with E-state index in [0.29, 0.717) is 6.04 Å². The summed E-state index contributed by atoms with van der Waals surface area (Å²) in [5.41, 5.74) is 8.23. The first-order valence-corrected chi connectivity index (χ1v) is 16.7. The zero-order valence-corrected chi connectivity index (χ0v) is 25.3. The van der Waals surface area contributed by atoms with Gasteiger partial charge in [-0.05, 0) is 130 Å². The number of piperidine rings is 2. The summed E-state index contributed by atoms with van der Waals surface area (Å²) in [6, 6.07) is 5.10. The summed E-state index contributed by atoms with van der Waals surface area (Å²) in [5, 5.41) is 0. The Labute approximate surface area is 246 Å². The molecular formula is C35H50N4O2. The van der Waals surface area contributed by atoms with Crippen LogP contribution in [-0.2, 0) is 4.84 Å². The fourth-order valence-corrected chi connectivity index (χ4v) is 10.2. The Balaban J connectivity index is 0.948. The third-order valence-corrected chi connectivity index (χ3v) is 12.6. The van der Waals surface area contributed by atoms with E-state index < -0.39 is 0 Å². The molecule has 0 aromatic carbocycles. The lowest BCUT2D eigenvalue weighted by atomic mass is 9.46.